The van der Waals surface area contributed by atoms with Gasteiger partial charge in [0, 0.05) is 11.1 Å². The highest BCUT2D eigenvalue weighted by atomic mass is 35.5. The fraction of sp³-hybridized carbons (Fsp3) is 0.294. The van der Waals surface area contributed by atoms with Crippen molar-refractivity contribution in [2.75, 3.05) is 0 Å². The van der Waals surface area contributed by atoms with E-state index in [4.69, 9.17) is 17.3 Å². The van der Waals surface area contributed by atoms with Crippen LogP contribution in [0.1, 0.15) is 35.6 Å². The van der Waals surface area contributed by atoms with E-state index in [1.54, 1.807) is 0 Å². The van der Waals surface area contributed by atoms with Crippen molar-refractivity contribution < 1.29 is 0 Å². The number of fused-ring (bicyclic) bond motifs is 1. The van der Waals surface area contributed by atoms with Crippen molar-refractivity contribution in [1.29, 1.82) is 0 Å². The van der Waals surface area contributed by atoms with Crippen LogP contribution in [0.2, 0.25) is 5.02 Å². The predicted octanol–water partition coefficient (Wildman–Crippen LogP) is 4.67. The zero-order valence-corrected chi connectivity index (χ0v) is 12.0. The van der Waals surface area contributed by atoms with Crippen LogP contribution in [0.3, 0.4) is 0 Å². The summed E-state index contributed by atoms with van der Waals surface area (Å²) in [5, 5.41) is 0.840. The SMILES string of the molecule is Cc1ccccc1Cl.N[C@H]1CCCc2ccccc21. The maximum Gasteiger partial charge on any atom is 0.0435 e. The minimum absolute atomic E-state index is 0.292. The van der Waals surface area contributed by atoms with Crippen LogP contribution in [0, 0.1) is 6.92 Å². The number of halogens is 1. The summed E-state index contributed by atoms with van der Waals surface area (Å²) >= 11 is 5.71. The normalized spacial score (nSPS) is 17.1. The molecule has 1 atom stereocenters. The predicted molar refractivity (Wildman–Crippen MR) is 82.5 cm³/mol. The van der Waals surface area contributed by atoms with Crippen molar-refractivity contribution in [3.05, 3.63) is 70.2 Å². The molecule has 3 rings (SSSR count). The molecule has 0 saturated carbocycles. The van der Waals surface area contributed by atoms with Crippen molar-refractivity contribution in [3.63, 3.8) is 0 Å². The Morgan fingerprint density at radius 3 is 2.37 bits per heavy atom. The molecule has 0 bridgehead atoms. The van der Waals surface area contributed by atoms with E-state index in [-0.39, 0.29) is 0 Å². The first-order valence-corrected chi connectivity index (χ1v) is 7.11. The Morgan fingerprint density at radius 2 is 1.74 bits per heavy atom. The van der Waals surface area contributed by atoms with Gasteiger partial charge in [0.2, 0.25) is 0 Å². The zero-order chi connectivity index (χ0) is 13.7. The number of aryl methyl sites for hydroxylation is 2. The summed E-state index contributed by atoms with van der Waals surface area (Å²) in [6.45, 7) is 1.99. The third kappa shape index (κ3) is 3.82. The summed E-state index contributed by atoms with van der Waals surface area (Å²) < 4.78 is 0. The van der Waals surface area contributed by atoms with E-state index in [2.05, 4.69) is 24.3 Å². The Bertz CT molecular complexity index is 515. The minimum atomic E-state index is 0.292. The van der Waals surface area contributed by atoms with Crippen LogP contribution >= 0.6 is 11.6 Å². The van der Waals surface area contributed by atoms with Crippen molar-refractivity contribution in [2.45, 2.75) is 32.2 Å². The third-order valence-corrected chi connectivity index (χ3v) is 3.92. The Balaban J connectivity index is 0.000000148. The molecule has 2 N–H and O–H groups in total. The first-order valence-electron chi connectivity index (χ1n) is 6.73. The van der Waals surface area contributed by atoms with Crippen LogP contribution in [0.25, 0.3) is 0 Å². The highest BCUT2D eigenvalue weighted by Gasteiger charge is 2.14. The Labute approximate surface area is 120 Å². The maximum atomic E-state index is 5.95. The van der Waals surface area contributed by atoms with E-state index in [0.29, 0.717) is 6.04 Å². The van der Waals surface area contributed by atoms with Gasteiger partial charge >= 0.3 is 0 Å². The average molecular weight is 274 g/mol. The lowest BCUT2D eigenvalue weighted by atomic mass is 9.88. The zero-order valence-electron chi connectivity index (χ0n) is 11.3. The molecule has 100 valence electrons. The Morgan fingerprint density at radius 1 is 1.05 bits per heavy atom. The van der Waals surface area contributed by atoms with Gasteiger partial charge in [-0.05, 0) is 48.9 Å². The van der Waals surface area contributed by atoms with Gasteiger partial charge in [0.15, 0.2) is 0 Å². The van der Waals surface area contributed by atoms with E-state index in [0.717, 1.165) is 17.0 Å². The highest BCUT2D eigenvalue weighted by Crippen LogP contribution is 2.26. The molecular formula is C17H20ClN. The second-order valence-electron chi connectivity index (χ2n) is 4.95. The van der Waals surface area contributed by atoms with E-state index in [1.807, 2.05) is 31.2 Å². The van der Waals surface area contributed by atoms with Crippen molar-refractivity contribution >= 4 is 11.6 Å². The second-order valence-corrected chi connectivity index (χ2v) is 5.35. The van der Waals surface area contributed by atoms with Gasteiger partial charge in [0.05, 0.1) is 0 Å². The van der Waals surface area contributed by atoms with E-state index in [1.165, 1.54) is 24.0 Å². The molecule has 19 heavy (non-hydrogen) atoms. The van der Waals surface area contributed by atoms with Gasteiger partial charge in [-0.25, -0.2) is 0 Å². The number of hydrogen-bond acceptors (Lipinski definition) is 1. The monoisotopic (exact) mass is 273 g/mol. The van der Waals surface area contributed by atoms with Gasteiger partial charge < -0.3 is 5.73 Å². The second kappa shape index (κ2) is 6.74. The molecule has 0 fully saturated rings. The lowest BCUT2D eigenvalue weighted by Crippen LogP contribution is -2.16. The number of hydrogen-bond donors (Lipinski definition) is 1. The van der Waals surface area contributed by atoms with Crippen LogP contribution in [-0.4, -0.2) is 0 Å². The van der Waals surface area contributed by atoms with E-state index >= 15 is 0 Å². The largest absolute Gasteiger partial charge is 0.324 e. The summed E-state index contributed by atoms with van der Waals surface area (Å²) in [7, 11) is 0. The topological polar surface area (TPSA) is 26.0 Å². The van der Waals surface area contributed by atoms with Gasteiger partial charge in [-0.2, -0.15) is 0 Å². The lowest BCUT2D eigenvalue weighted by molar-refractivity contribution is 0.570. The first-order chi connectivity index (χ1) is 9.18. The standard InChI is InChI=1S/C10H13N.C7H7Cl/c11-10-7-3-5-8-4-1-2-6-9(8)10;1-6-4-2-3-5-7(6)8/h1-2,4,6,10H,3,5,7,11H2;2-5H,1H3/t10-;/m0./s1. The van der Waals surface area contributed by atoms with Crippen molar-refractivity contribution in [2.24, 2.45) is 5.73 Å². The fourth-order valence-electron chi connectivity index (χ4n) is 2.34. The average Bonchev–Trinajstić information content (AvgIpc) is 2.44. The third-order valence-electron chi connectivity index (χ3n) is 3.49. The quantitative estimate of drug-likeness (QED) is 0.742. The molecule has 0 spiro atoms. The molecule has 0 aliphatic heterocycles. The molecular weight excluding hydrogens is 254 g/mol. The first kappa shape index (κ1) is 14.1. The molecule has 0 radical (unpaired) electrons. The fourth-order valence-corrected chi connectivity index (χ4v) is 2.48. The number of nitrogens with two attached hydrogens (primary N) is 1. The van der Waals surface area contributed by atoms with Gasteiger partial charge in [-0.1, -0.05) is 54.1 Å². The Hall–Kier alpha value is -1.31. The van der Waals surface area contributed by atoms with Crippen LogP contribution in [-0.2, 0) is 6.42 Å². The van der Waals surface area contributed by atoms with Crippen LogP contribution in [0.4, 0.5) is 0 Å². The van der Waals surface area contributed by atoms with Crippen LogP contribution in [0.15, 0.2) is 48.5 Å². The van der Waals surface area contributed by atoms with Gasteiger partial charge in [0.25, 0.3) is 0 Å². The molecule has 2 aromatic carbocycles. The van der Waals surface area contributed by atoms with Crippen molar-refractivity contribution in [3.8, 4) is 0 Å². The van der Waals surface area contributed by atoms with Gasteiger partial charge in [0.1, 0.15) is 0 Å². The molecule has 2 aromatic rings. The van der Waals surface area contributed by atoms with E-state index in [9.17, 15) is 0 Å². The van der Waals surface area contributed by atoms with Gasteiger partial charge in [-0.3, -0.25) is 0 Å². The number of benzene rings is 2. The van der Waals surface area contributed by atoms with E-state index < -0.39 is 0 Å². The molecule has 0 unspecified atom stereocenters. The molecule has 2 heteroatoms. The highest BCUT2D eigenvalue weighted by molar-refractivity contribution is 6.31. The summed E-state index contributed by atoms with van der Waals surface area (Å²) in [4.78, 5) is 0. The van der Waals surface area contributed by atoms with Crippen LogP contribution < -0.4 is 5.73 Å². The molecule has 0 saturated heterocycles. The minimum Gasteiger partial charge on any atom is -0.324 e. The Kier molecular flexibility index (Phi) is 5.00. The van der Waals surface area contributed by atoms with Crippen molar-refractivity contribution in [1.82, 2.24) is 0 Å². The molecule has 1 aliphatic carbocycles. The summed E-state index contributed by atoms with van der Waals surface area (Å²) in [5.74, 6) is 0. The molecule has 1 aliphatic rings. The number of rotatable bonds is 0. The summed E-state index contributed by atoms with van der Waals surface area (Å²) in [6, 6.07) is 16.6. The molecule has 0 heterocycles. The molecule has 1 nitrogen and oxygen atoms in total. The smallest absolute Gasteiger partial charge is 0.0435 e. The maximum absolute atomic E-state index is 5.95. The molecule has 0 aromatic heterocycles. The lowest BCUT2D eigenvalue weighted by Gasteiger charge is -2.21. The van der Waals surface area contributed by atoms with Gasteiger partial charge in [-0.15, -0.1) is 0 Å². The summed E-state index contributed by atoms with van der Waals surface area (Å²) in [6.07, 6.45) is 3.61. The molecule has 0 amide bonds. The summed E-state index contributed by atoms with van der Waals surface area (Å²) in [5.41, 5.74) is 9.89. The van der Waals surface area contributed by atoms with Crippen LogP contribution in [0.5, 0.6) is 0 Å².